The van der Waals surface area contributed by atoms with E-state index in [0.29, 0.717) is 35.2 Å². The van der Waals surface area contributed by atoms with Crippen LogP contribution in [0.5, 0.6) is 0 Å². The van der Waals surface area contributed by atoms with Gasteiger partial charge in [-0.3, -0.25) is 14.8 Å². The van der Waals surface area contributed by atoms with Crippen LogP contribution in [0.15, 0.2) is 61.1 Å². The van der Waals surface area contributed by atoms with Crippen molar-refractivity contribution >= 4 is 11.7 Å². The van der Waals surface area contributed by atoms with Crippen molar-refractivity contribution in [3.63, 3.8) is 0 Å². The molecule has 6 nitrogen and oxygen atoms in total. The summed E-state index contributed by atoms with van der Waals surface area (Å²) in [6, 6.07) is 11.2. The molecular weight excluding hydrogens is 419 g/mol. The maximum Gasteiger partial charge on any atom is 0.417 e. The molecule has 2 aliphatic rings. The molecule has 0 spiro atoms. The minimum absolute atomic E-state index is 0.0617. The van der Waals surface area contributed by atoms with Crippen molar-refractivity contribution in [1.82, 2.24) is 19.9 Å². The molecule has 1 N–H and O–H groups in total. The number of hydrogen-bond acceptors (Lipinski definition) is 5. The zero-order valence-electron chi connectivity index (χ0n) is 17.0. The molecule has 2 fully saturated rings. The fourth-order valence-electron chi connectivity index (χ4n) is 4.69. The lowest BCUT2D eigenvalue weighted by Gasteiger charge is -2.34. The average Bonchev–Trinajstić information content (AvgIpc) is 3.40. The number of rotatable bonds is 4. The summed E-state index contributed by atoms with van der Waals surface area (Å²) in [5, 5.41) is 3.23. The van der Waals surface area contributed by atoms with E-state index < -0.39 is 11.7 Å². The summed E-state index contributed by atoms with van der Waals surface area (Å²) >= 11 is 0. The van der Waals surface area contributed by atoms with Gasteiger partial charge in [0.15, 0.2) is 0 Å². The van der Waals surface area contributed by atoms with Gasteiger partial charge in [-0.25, -0.2) is 4.98 Å². The van der Waals surface area contributed by atoms with Crippen molar-refractivity contribution < 1.29 is 18.0 Å². The Morgan fingerprint density at radius 1 is 1.00 bits per heavy atom. The smallest absolute Gasteiger partial charge is 0.365 e. The normalized spacial score (nSPS) is 22.2. The van der Waals surface area contributed by atoms with Gasteiger partial charge in [0.1, 0.15) is 11.5 Å². The molecule has 2 bridgehead atoms. The number of likely N-dealkylation sites (tertiary alicyclic amines) is 1. The van der Waals surface area contributed by atoms with E-state index >= 15 is 0 Å². The minimum Gasteiger partial charge on any atom is -0.365 e. The Hall–Kier alpha value is -3.49. The second kappa shape index (κ2) is 7.89. The number of carbonyl (C=O) groups is 1. The largest absolute Gasteiger partial charge is 0.417 e. The van der Waals surface area contributed by atoms with Gasteiger partial charge < -0.3 is 10.2 Å². The van der Waals surface area contributed by atoms with Crippen LogP contribution in [0, 0.1) is 5.92 Å². The zero-order chi connectivity index (χ0) is 22.3. The molecule has 3 atom stereocenters. The summed E-state index contributed by atoms with van der Waals surface area (Å²) in [6.07, 6.45) is 1.40. The summed E-state index contributed by atoms with van der Waals surface area (Å²) in [6.45, 7) is 0.651. The number of fused-ring (bicyclic) bond motifs is 2. The Morgan fingerprint density at radius 2 is 1.84 bits per heavy atom. The summed E-state index contributed by atoms with van der Waals surface area (Å²) in [4.78, 5) is 28.0. The number of piperidine rings is 1. The van der Waals surface area contributed by atoms with E-state index in [1.54, 1.807) is 30.6 Å². The van der Waals surface area contributed by atoms with E-state index in [1.165, 1.54) is 6.07 Å². The van der Waals surface area contributed by atoms with Gasteiger partial charge in [0, 0.05) is 31.2 Å². The lowest BCUT2D eigenvalue weighted by Crippen LogP contribution is -2.47. The molecule has 0 unspecified atom stereocenters. The van der Waals surface area contributed by atoms with Gasteiger partial charge in [0.25, 0.3) is 5.91 Å². The third-order valence-corrected chi connectivity index (χ3v) is 6.11. The molecule has 32 heavy (non-hydrogen) atoms. The van der Waals surface area contributed by atoms with E-state index in [9.17, 15) is 18.0 Å². The number of pyridine rings is 3. The number of nitrogens with zero attached hydrogens (tertiary/aromatic N) is 4. The van der Waals surface area contributed by atoms with Gasteiger partial charge in [0.05, 0.1) is 22.9 Å². The second-order valence-corrected chi connectivity index (χ2v) is 8.16. The van der Waals surface area contributed by atoms with Crippen molar-refractivity contribution in [2.24, 2.45) is 5.92 Å². The monoisotopic (exact) mass is 439 g/mol. The first-order chi connectivity index (χ1) is 15.4. The van der Waals surface area contributed by atoms with E-state index in [0.717, 1.165) is 25.1 Å². The lowest BCUT2D eigenvalue weighted by atomic mass is 10.0. The van der Waals surface area contributed by atoms with E-state index in [2.05, 4.69) is 20.3 Å². The highest BCUT2D eigenvalue weighted by Crippen LogP contribution is 2.40. The lowest BCUT2D eigenvalue weighted by molar-refractivity contribution is -0.137. The van der Waals surface area contributed by atoms with Gasteiger partial charge in [-0.15, -0.1) is 0 Å². The topological polar surface area (TPSA) is 71.0 Å². The second-order valence-electron chi connectivity index (χ2n) is 8.16. The van der Waals surface area contributed by atoms with Crippen LogP contribution >= 0.6 is 0 Å². The van der Waals surface area contributed by atoms with Crippen LogP contribution in [0.1, 0.15) is 28.8 Å². The standard InChI is InChI=1S/C23H20F3N5O/c24-23(25,26)15-6-7-20(29-12-15)30-18-10-14-11-19(18)31(13-14)22(32)16-4-3-9-28-21(16)17-5-1-2-8-27-17/h1-9,12,14,18-19H,10-11,13H2,(H,29,30)/t14-,18-,19+/m1/s1. The van der Waals surface area contributed by atoms with E-state index in [4.69, 9.17) is 0 Å². The van der Waals surface area contributed by atoms with Crippen molar-refractivity contribution in [2.45, 2.75) is 31.1 Å². The van der Waals surface area contributed by atoms with Crippen LogP contribution in [0.25, 0.3) is 11.4 Å². The Bertz CT molecular complexity index is 1120. The zero-order valence-corrected chi connectivity index (χ0v) is 17.0. The first-order valence-electron chi connectivity index (χ1n) is 10.4. The van der Waals surface area contributed by atoms with Gasteiger partial charge in [-0.05, 0) is 55.2 Å². The number of alkyl halides is 3. The van der Waals surface area contributed by atoms with E-state index in [1.807, 2.05) is 17.0 Å². The van der Waals surface area contributed by atoms with Gasteiger partial charge >= 0.3 is 6.18 Å². The van der Waals surface area contributed by atoms with Gasteiger partial charge in [-0.2, -0.15) is 13.2 Å². The molecular formula is C23H20F3N5O. The average molecular weight is 439 g/mol. The van der Waals surface area contributed by atoms with Crippen molar-refractivity contribution in [1.29, 1.82) is 0 Å². The highest BCUT2D eigenvalue weighted by Gasteiger charge is 2.47. The predicted molar refractivity (Wildman–Crippen MR) is 112 cm³/mol. The molecule has 0 aromatic carbocycles. The van der Waals surface area contributed by atoms with Crippen molar-refractivity contribution in [3.8, 4) is 11.4 Å². The van der Waals surface area contributed by atoms with Crippen LogP contribution in [0.2, 0.25) is 0 Å². The molecule has 9 heteroatoms. The molecule has 1 amide bonds. The number of anilines is 1. The quantitative estimate of drug-likeness (QED) is 0.657. The first kappa shape index (κ1) is 20.4. The van der Waals surface area contributed by atoms with E-state index in [-0.39, 0.29) is 18.0 Å². The molecule has 4 heterocycles. The number of halogens is 3. The van der Waals surface area contributed by atoms with Gasteiger partial charge in [-0.1, -0.05) is 6.07 Å². The van der Waals surface area contributed by atoms with Crippen molar-refractivity contribution in [3.05, 3.63) is 72.2 Å². The number of hydrogen-bond donors (Lipinski definition) is 1. The summed E-state index contributed by atoms with van der Waals surface area (Å²) in [7, 11) is 0. The Balaban J connectivity index is 1.35. The predicted octanol–water partition coefficient (Wildman–Crippen LogP) is 4.27. The molecule has 1 aliphatic heterocycles. The Kier molecular flexibility index (Phi) is 5.03. The maximum atomic E-state index is 13.5. The SMILES string of the molecule is O=C(c1cccnc1-c1ccccn1)N1C[C@@H]2C[C@@H](Nc3ccc(C(F)(F)F)cn3)[C@@H]1C2. The van der Waals surface area contributed by atoms with Crippen LogP contribution in [-0.2, 0) is 6.18 Å². The molecule has 1 saturated heterocycles. The van der Waals surface area contributed by atoms with Crippen molar-refractivity contribution in [2.75, 3.05) is 11.9 Å². The highest BCUT2D eigenvalue weighted by molar-refractivity contribution is 6.00. The molecule has 1 saturated carbocycles. The molecule has 3 aromatic heterocycles. The fraction of sp³-hybridized carbons (Fsp3) is 0.304. The molecule has 3 aromatic rings. The number of amides is 1. The Morgan fingerprint density at radius 3 is 2.53 bits per heavy atom. The number of carbonyl (C=O) groups excluding carboxylic acids is 1. The summed E-state index contributed by atoms with van der Waals surface area (Å²) < 4.78 is 38.4. The number of nitrogens with one attached hydrogen (secondary N) is 1. The minimum atomic E-state index is -4.42. The first-order valence-corrected chi connectivity index (χ1v) is 10.4. The number of aromatic nitrogens is 3. The molecule has 1 aliphatic carbocycles. The molecule has 0 radical (unpaired) electrons. The van der Waals surface area contributed by atoms with Crippen LogP contribution in [0.4, 0.5) is 19.0 Å². The fourth-order valence-corrected chi connectivity index (χ4v) is 4.69. The summed E-state index contributed by atoms with van der Waals surface area (Å²) in [5.41, 5.74) is 0.871. The van der Waals surface area contributed by atoms with Gasteiger partial charge in [0.2, 0.25) is 0 Å². The molecule has 5 rings (SSSR count). The highest BCUT2D eigenvalue weighted by atomic mass is 19.4. The van der Waals surface area contributed by atoms with Crippen LogP contribution < -0.4 is 5.32 Å². The maximum absolute atomic E-state index is 13.5. The Labute approximate surface area is 182 Å². The summed E-state index contributed by atoms with van der Waals surface area (Å²) in [5.74, 6) is 0.600. The van der Waals surface area contributed by atoms with Crippen LogP contribution in [-0.4, -0.2) is 44.4 Å². The third kappa shape index (κ3) is 3.79. The molecule has 164 valence electrons. The van der Waals surface area contributed by atoms with Crippen LogP contribution in [0.3, 0.4) is 0 Å². The third-order valence-electron chi connectivity index (χ3n) is 6.11.